The predicted octanol–water partition coefficient (Wildman–Crippen LogP) is 6.58. The first-order chi connectivity index (χ1) is 17.2. The summed E-state index contributed by atoms with van der Waals surface area (Å²) < 4.78 is 57.5. The monoisotopic (exact) mass is 494 g/mol. The molecule has 0 amide bonds. The highest BCUT2D eigenvalue weighted by atomic mass is 19.1. The van der Waals surface area contributed by atoms with Crippen LogP contribution in [-0.2, 0) is 17.6 Å². The quantitative estimate of drug-likeness (QED) is 0.272. The number of Topliss-reactive ketones (excluding diaryl/α,β-unsaturated/α-hetero) is 1. The number of phenolic OH excluding ortho intramolecular Hbond substituents is 2. The van der Waals surface area contributed by atoms with Crippen molar-refractivity contribution in [2.24, 2.45) is 0 Å². The van der Waals surface area contributed by atoms with Gasteiger partial charge >= 0.3 is 0 Å². The minimum atomic E-state index is -1.29. The first-order valence-electron chi connectivity index (χ1n) is 11.2. The van der Waals surface area contributed by atoms with Crippen molar-refractivity contribution >= 4 is 5.78 Å². The lowest BCUT2D eigenvalue weighted by Gasteiger charge is -2.25. The highest BCUT2D eigenvalue weighted by molar-refractivity contribution is 5.93. The number of ketones is 1. The number of hydrogen-bond acceptors (Lipinski definition) is 3. The molecule has 0 aliphatic rings. The summed E-state index contributed by atoms with van der Waals surface area (Å²) in [6, 6.07) is 17.6. The Hall–Kier alpha value is -4.13. The van der Waals surface area contributed by atoms with Crippen molar-refractivity contribution in [3.05, 3.63) is 130 Å². The zero-order valence-electron chi connectivity index (χ0n) is 19.0. The molecule has 2 N–H and O–H groups in total. The Bertz CT molecular complexity index is 1300. The van der Waals surface area contributed by atoms with E-state index in [1.807, 2.05) is 0 Å². The fraction of sp³-hybridized carbons (Fsp3) is 0.138. The normalized spacial score (nSPS) is 12.8. The van der Waals surface area contributed by atoms with Gasteiger partial charge in [0.15, 0.2) is 0 Å². The molecule has 0 saturated heterocycles. The van der Waals surface area contributed by atoms with Crippen molar-refractivity contribution in [1.82, 2.24) is 0 Å². The van der Waals surface area contributed by atoms with Crippen molar-refractivity contribution in [3.63, 3.8) is 0 Å². The van der Waals surface area contributed by atoms with Crippen molar-refractivity contribution in [3.8, 4) is 11.5 Å². The number of phenols is 2. The third kappa shape index (κ3) is 5.40. The number of carbonyl (C=O) groups excluding carboxylic acids is 1. The fourth-order valence-electron chi connectivity index (χ4n) is 4.35. The van der Waals surface area contributed by atoms with E-state index in [1.165, 1.54) is 36.4 Å². The molecule has 0 saturated carbocycles. The maximum Gasteiger partial charge on any atom is 0.148 e. The molecule has 2 unspecified atom stereocenters. The van der Waals surface area contributed by atoms with E-state index in [1.54, 1.807) is 12.1 Å². The molecular formula is C29H22F4O3. The van der Waals surface area contributed by atoms with Gasteiger partial charge in [-0.25, -0.2) is 17.6 Å². The van der Waals surface area contributed by atoms with E-state index < -0.39 is 40.9 Å². The number of benzene rings is 4. The summed E-state index contributed by atoms with van der Waals surface area (Å²) in [5, 5.41) is 21.0. The summed E-state index contributed by atoms with van der Waals surface area (Å²) in [7, 11) is 0. The van der Waals surface area contributed by atoms with Crippen LogP contribution in [0.1, 0.15) is 34.1 Å². The minimum absolute atomic E-state index is 0.0994. The standard InChI is InChI=1S/C29H22F4O3/c30-19-9-11-27(34)21(15-19)23(13-17-5-1-3-7-25(17)32)29(36)24(14-18-6-2-4-8-26(18)33)22-16-20(31)10-12-28(22)35/h1-12,15-16,23-24,34-35H,13-14H2. The minimum Gasteiger partial charge on any atom is -0.508 e. The van der Waals surface area contributed by atoms with Gasteiger partial charge in [0.05, 0.1) is 11.8 Å². The number of rotatable bonds is 8. The third-order valence-corrected chi connectivity index (χ3v) is 6.18. The van der Waals surface area contributed by atoms with Gasteiger partial charge in [0.2, 0.25) is 0 Å². The van der Waals surface area contributed by atoms with Gasteiger partial charge in [0.25, 0.3) is 0 Å². The smallest absolute Gasteiger partial charge is 0.148 e. The van der Waals surface area contributed by atoms with Crippen LogP contribution in [0.4, 0.5) is 17.6 Å². The Morgan fingerprint density at radius 2 is 1.00 bits per heavy atom. The van der Waals surface area contributed by atoms with Gasteiger partial charge in [-0.3, -0.25) is 4.79 Å². The van der Waals surface area contributed by atoms with Crippen molar-refractivity contribution < 1.29 is 32.6 Å². The van der Waals surface area contributed by atoms with Crippen molar-refractivity contribution in [1.29, 1.82) is 0 Å². The molecule has 4 rings (SSSR count). The Labute approximate surface area is 205 Å². The molecule has 3 nitrogen and oxygen atoms in total. The Morgan fingerprint density at radius 1 is 0.611 bits per heavy atom. The van der Waals surface area contributed by atoms with E-state index in [0.29, 0.717) is 0 Å². The lowest BCUT2D eigenvalue weighted by Crippen LogP contribution is -2.25. The van der Waals surface area contributed by atoms with E-state index in [0.717, 1.165) is 36.4 Å². The van der Waals surface area contributed by atoms with Crippen LogP contribution < -0.4 is 0 Å². The maximum atomic E-state index is 14.6. The molecule has 0 bridgehead atoms. The number of halogens is 4. The third-order valence-electron chi connectivity index (χ3n) is 6.18. The molecule has 2 atom stereocenters. The van der Waals surface area contributed by atoms with Gasteiger partial charge in [-0.2, -0.15) is 0 Å². The van der Waals surface area contributed by atoms with Gasteiger partial charge < -0.3 is 10.2 Å². The second-order valence-corrected chi connectivity index (χ2v) is 8.50. The summed E-state index contributed by atoms with van der Waals surface area (Å²) in [5.74, 6) is -6.71. The van der Waals surface area contributed by atoms with Crippen molar-refractivity contribution in [2.45, 2.75) is 24.7 Å². The molecular weight excluding hydrogens is 472 g/mol. The maximum absolute atomic E-state index is 14.6. The first-order valence-corrected chi connectivity index (χ1v) is 11.2. The molecule has 0 heterocycles. The highest BCUT2D eigenvalue weighted by Crippen LogP contribution is 2.39. The summed E-state index contributed by atoms with van der Waals surface area (Å²) in [4.78, 5) is 14.1. The van der Waals surface area contributed by atoms with E-state index in [9.17, 15) is 32.6 Å². The van der Waals surface area contributed by atoms with Gasteiger partial charge in [-0.05, 0) is 72.5 Å². The molecule has 36 heavy (non-hydrogen) atoms. The molecule has 4 aromatic rings. The predicted molar refractivity (Wildman–Crippen MR) is 127 cm³/mol. The van der Waals surface area contributed by atoms with E-state index in [4.69, 9.17) is 0 Å². The molecule has 0 radical (unpaired) electrons. The second-order valence-electron chi connectivity index (χ2n) is 8.50. The summed E-state index contributed by atoms with van der Waals surface area (Å²) in [5.41, 5.74) is 0.0654. The molecule has 7 heteroatoms. The topological polar surface area (TPSA) is 57.5 Å². The van der Waals surface area contributed by atoms with Crippen LogP contribution in [0.2, 0.25) is 0 Å². The molecule has 0 aliphatic heterocycles. The van der Waals surface area contributed by atoms with Gasteiger partial charge in [-0.15, -0.1) is 0 Å². The van der Waals surface area contributed by atoms with Crippen LogP contribution in [0.25, 0.3) is 0 Å². The lowest BCUT2D eigenvalue weighted by atomic mass is 9.77. The van der Waals surface area contributed by atoms with Crippen LogP contribution in [0.3, 0.4) is 0 Å². The summed E-state index contributed by atoms with van der Waals surface area (Å²) in [6.45, 7) is 0. The van der Waals surface area contributed by atoms with E-state index in [2.05, 4.69) is 0 Å². The molecule has 184 valence electrons. The van der Waals surface area contributed by atoms with Crippen LogP contribution in [0.15, 0.2) is 84.9 Å². The van der Waals surface area contributed by atoms with Crippen LogP contribution in [0, 0.1) is 23.3 Å². The van der Waals surface area contributed by atoms with Gasteiger partial charge in [0.1, 0.15) is 40.6 Å². The molecule has 0 aromatic heterocycles. The average molecular weight is 494 g/mol. The average Bonchev–Trinajstić information content (AvgIpc) is 2.86. The Kier molecular flexibility index (Phi) is 7.38. The Balaban J connectivity index is 1.87. The fourth-order valence-corrected chi connectivity index (χ4v) is 4.35. The zero-order chi connectivity index (χ0) is 25.8. The van der Waals surface area contributed by atoms with E-state index >= 15 is 0 Å². The summed E-state index contributed by atoms with van der Waals surface area (Å²) in [6.07, 6.45) is -0.515. The van der Waals surface area contributed by atoms with Crippen molar-refractivity contribution in [2.75, 3.05) is 0 Å². The Morgan fingerprint density at radius 3 is 1.39 bits per heavy atom. The van der Waals surface area contributed by atoms with Gasteiger partial charge in [-0.1, -0.05) is 36.4 Å². The second kappa shape index (κ2) is 10.6. The number of aromatic hydroxyl groups is 2. The molecule has 0 spiro atoms. The van der Waals surface area contributed by atoms with Crippen LogP contribution in [-0.4, -0.2) is 16.0 Å². The SMILES string of the molecule is O=C(C(Cc1ccccc1F)c1cc(F)ccc1O)C(Cc1ccccc1F)c1cc(F)ccc1O. The molecule has 0 fully saturated rings. The summed E-state index contributed by atoms with van der Waals surface area (Å²) >= 11 is 0. The highest BCUT2D eigenvalue weighted by Gasteiger charge is 2.34. The molecule has 0 aliphatic carbocycles. The first kappa shape index (κ1) is 25.0. The van der Waals surface area contributed by atoms with Gasteiger partial charge in [0, 0.05) is 11.1 Å². The largest absolute Gasteiger partial charge is 0.508 e. The zero-order valence-corrected chi connectivity index (χ0v) is 19.0. The van der Waals surface area contributed by atoms with Crippen LogP contribution in [0.5, 0.6) is 11.5 Å². The number of hydrogen-bond donors (Lipinski definition) is 2. The van der Waals surface area contributed by atoms with E-state index in [-0.39, 0.29) is 46.6 Å². The molecule has 4 aromatic carbocycles. The lowest BCUT2D eigenvalue weighted by molar-refractivity contribution is -0.122. The number of carbonyl (C=O) groups is 1. The van der Waals surface area contributed by atoms with Crippen LogP contribution >= 0.6 is 0 Å².